The molecule has 6 nitrogen and oxygen atoms in total. The monoisotopic (exact) mass is 353 g/mol. The zero-order valence-corrected chi connectivity index (χ0v) is 15.0. The lowest BCUT2D eigenvalue weighted by Gasteiger charge is -2.20. The summed E-state index contributed by atoms with van der Waals surface area (Å²) >= 11 is 0. The van der Waals surface area contributed by atoms with Gasteiger partial charge in [0.1, 0.15) is 11.8 Å². The van der Waals surface area contributed by atoms with Crippen LogP contribution in [0.3, 0.4) is 0 Å². The van der Waals surface area contributed by atoms with Crippen molar-refractivity contribution in [2.24, 2.45) is 0 Å². The topological polar surface area (TPSA) is 70.7 Å². The second-order valence-electron chi connectivity index (χ2n) is 6.28. The maximum atomic E-state index is 12.4. The molecule has 1 heterocycles. The first-order valence-corrected chi connectivity index (χ1v) is 8.65. The van der Waals surface area contributed by atoms with Crippen LogP contribution in [0.25, 0.3) is 0 Å². The van der Waals surface area contributed by atoms with Gasteiger partial charge in [0.2, 0.25) is 0 Å². The highest BCUT2D eigenvalue weighted by atomic mass is 16.5. The van der Waals surface area contributed by atoms with E-state index in [4.69, 9.17) is 4.74 Å². The van der Waals surface area contributed by atoms with Crippen molar-refractivity contribution in [1.29, 1.82) is 0 Å². The van der Waals surface area contributed by atoms with Crippen LogP contribution in [0.15, 0.2) is 48.5 Å². The summed E-state index contributed by atoms with van der Waals surface area (Å²) < 4.78 is 5.46. The Kier molecular flexibility index (Phi) is 5.41. The summed E-state index contributed by atoms with van der Waals surface area (Å²) in [5, 5.41) is 5.83. The zero-order valence-electron chi connectivity index (χ0n) is 15.0. The van der Waals surface area contributed by atoms with Gasteiger partial charge in [0, 0.05) is 30.8 Å². The average molecular weight is 353 g/mol. The van der Waals surface area contributed by atoms with E-state index in [1.165, 1.54) is 10.5 Å². The first kappa shape index (κ1) is 17.8. The third-order valence-electron chi connectivity index (χ3n) is 4.39. The van der Waals surface area contributed by atoms with Crippen molar-refractivity contribution >= 4 is 17.6 Å². The van der Waals surface area contributed by atoms with Crippen molar-refractivity contribution < 1.29 is 14.3 Å². The molecule has 1 aliphatic heterocycles. The molecule has 0 unspecified atom stereocenters. The van der Waals surface area contributed by atoms with Gasteiger partial charge >= 0.3 is 6.03 Å². The van der Waals surface area contributed by atoms with Crippen LogP contribution in [0.5, 0.6) is 5.75 Å². The van der Waals surface area contributed by atoms with Crippen molar-refractivity contribution in [3.8, 4) is 5.75 Å². The number of methoxy groups -OCH3 is 1. The highest BCUT2D eigenvalue weighted by Crippen LogP contribution is 2.26. The van der Waals surface area contributed by atoms with Crippen molar-refractivity contribution in [1.82, 2.24) is 10.2 Å². The SMILES string of the molecule is COc1ccc(N[C@@H](C)C(=O)N2CCNC2=O)cc1Cc1ccccc1. The van der Waals surface area contributed by atoms with Gasteiger partial charge in [0.25, 0.3) is 5.91 Å². The minimum Gasteiger partial charge on any atom is -0.496 e. The number of urea groups is 1. The van der Waals surface area contributed by atoms with Crippen molar-refractivity contribution in [3.05, 3.63) is 59.7 Å². The lowest BCUT2D eigenvalue weighted by molar-refractivity contribution is -0.128. The Morgan fingerprint density at radius 3 is 2.69 bits per heavy atom. The Hall–Kier alpha value is -3.02. The Labute approximate surface area is 153 Å². The van der Waals surface area contributed by atoms with E-state index in [0.29, 0.717) is 13.1 Å². The summed E-state index contributed by atoms with van der Waals surface area (Å²) in [5.74, 6) is 0.567. The van der Waals surface area contributed by atoms with E-state index >= 15 is 0 Å². The van der Waals surface area contributed by atoms with Crippen LogP contribution in [0, 0.1) is 0 Å². The molecule has 0 bridgehead atoms. The van der Waals surface area contributed by atoms with Gasteiger partial charge in [-0.1, -0.05) is 30.3 Å². The molecule has 1 aliphatic rings. The summed E-state index contributed by atoms with van der Waals surface area (Å²) in [6.45, 7) is 2.67. The van der Waals surface area contributed by atoms with E-state index in [9.17, 15) is 9.59 Å². The van der Waals surface area contributed by atoms with E-state index in [1.807, 2.05) is 36.4 Å². The van der Waals surface area contributed by atoms with E-state index < -0.39 is 6.04 Å². The van der Waals surface area contributed by atoms with Crippen LogP contribution in [0.4, 0.5) is 10.5 Å². The third kappa shape index (κ3) is 3.96. The maximum absolute atomic E-state index is 12.4. The molecule has 6 heteroatoms. The minimum absolute atomic E-state index is 0.236. The molecule has 3 rings (SSSR count). The number of hydrogen-bond acceptors (Lipinski definition) is 4. The molecule has 3 amide bonds. The number of anilines is 1. The van der Waals surface area contributed by atoms with Crippen LogP contribution >= 0.6 is 0 Å². The number of amides is 3. The van der Waals surface area contributed by atoms with Crippen molar-refractivity contribution in [2.45, 2.75) is 19.4 Å². The predicted octanol–water partition coefficient (Wildman–Crippen LogP) is 2.64. The van der Waals surface area contributed by atoms with Crippen LogP contribution in [-0.2, 0) is 11.2 Å². The summed E-state index contributed by atoms with van der Waals surface area (Å²) in [6.07, 6.45) is 0.733. The smallest absolute Gasteiger partial charge is 0.324 e. The number of imide groups is 1. The molecule has 0 aliphatic carbocycles. The Balaban J connectivity index is 1.74. The molecule has 2 aromatic rings. The van der Waals surface area contributed by atoms with Gasteiger partial charge < -0.3 is 15.4 Å². The molecule has 1 saturated heterocycles. The molecule has 26 heavy (non-hydrogen) atoms. The number of rotatable bonds is 6. The van der Waals surface area contributed by atoms with E-state index in [1.54, 1.807) is 14.0 Å². The van der Waals surface area contributed by atoms with Gasteiger partial charge in [-0.2, -0.15) is 0 Å². The molecule has 1 fully saturated rings. The lowest BCUT2D eigenvalue weighted by atomic mass is 10.0. The number of ether oxygens (including phenoxy) is 1. The Morgan fingerprint density at radius 1 is 1.27 bits per heavy atom. The van der Waals surface area contributed by atoms with Crippen molar-refractivity contribution in [2.75, 3.05) is 25.5 Å². The van der Waals surface area contributed by atoms with E-state index in [-0.39, 0.29) is 11.9 Å². The zero-order chi connectivity index (χ0) is 18.5. The largest absolute Gasteiger partial charge is 0.496 e. The van der Waals surface area contributed by atoms with Crippen LogP contribution in [-0.4, -0.2) is 43.1 Å². The lowest BCUT2D eigenvalue weighted by Crippen LogP contribution is -2.43. The number of carbonyl (C=O) groups is 2. The van der Waals surface area contributed by atoms with Gasteiger partial charge in [-0.05, 0) is 30.7 Å². The fraction of sp³-hybridized carbons (Fsp3) is 0.300. The molecule has 0 saturated carbocycles. The highest BCUT2D eigenvalue weighted by Gasteiger charge is 2.29. The van der Waals surface area contributed by atoms with Gasteiger partial charge in [0.05, 0.1) is 7.11 Å². The molecule has 136 valence electrons. The quantitative estimate of drug-likeness (QED) is 0.838. The number of nitrogens with one attached hydrogen (secondary N) is 2. The fourth-order valence-corrected chi connectivity index (χ4v) is 3.05. The van der Waals surface area contributed by atoms with Gasteiger partial charge in [0.15, 0.2) is 0 Å². The molecule has 2 N–H and O–H groups in total. The summed E-state index contributed by atoms with van der Waals surface area (Å²) in [4.78, 5) is 25.3. The first-order valence-electron chi connectivity index (χ1n) is 8.65. The van der Waals surface area contributed by atoms with Gasteiger partial charge in [-0.3, -0.25) is 9.69 Å². The molecular weight excluding hydrogens is 330 g/mol. The first-order chi connectivity index (χ1) is 12.6. The van der Waals surface area contributed by atoms with Gasteiger partial charge in [-0.25, -0.2) is 4.79 Å². The second kappa shape index (κ2) is 7.91. The number of carbonyl (C=O) groups excluding carboxylic acids is 2. The molecule has 0 aromatic heterocycles. The Bertz CT molecular complexity index is 792. The summed E-state index contributed by atoms with van der Waals surface area (Å²) in [7, 11) is 1.65. The Morgan fingerprint density at radius 2 is 2.04 bits per heavy atom. The molecule has 2 aromatic carbocycles. The standard InChI is InChI=1S/C20H23N3O3/c1-14(19(24)23-11-10-21-20(23)25)22-17-8-9-18(26-2)16(13-17)12-15-6-4-3-5-7-15/h3-9,13-14,22H,10-12H2,1-2H3,(H,21,25)/t14-/m0/s1. The molecular formula is C20H23N3O3. The molecule has 0 radical (unpaired) electrons. The van der Waals surface area contributed by atoms with E-state index in [2.05, 4.69) is 22.8 Å². The second-order valence-corrected chi connectivity index (χ2v) is 6.28. The van der Waals surface area contributed by atoms with Crippen LogP contribution < -0.4 is 15.4 Å². The van der Waals surface area contributed by atoms with E-state index in [0.717, 1.165) is 23.4 Å². The maximum Gasteiger partial charge on any atom is 0.324 e. The predicted molar refractivity (Wildman–Crippen MR) is 100 cm³/mol. The number of hydrogen-bond donors (Lipinski definition) is 2. The minimum atomic E-state index is -0.503. The van der Waals surface area contributed by atoms with Crippen LogP contribution in [0.1, 0.15) is 18.1 Å². The molecule has 1 atom stereocenters. The number of benzene rings is 2. The van der Waals surface area contributed by atoms with Crippen molar-refractivity contribution in [3.63, 3.8) is 0 Å². The fourth-order valence-electron chi connectivity index (χ4n) is 3.05. The summed E-state index contributed by atoms with van der Waals surface area (Å²) in [6, 6.07) is 15.1. The van der Waals surface area contributed by atoms with Gasteiger partial charge in [-0.15, -0.1) is 0 Å². The molecule has 0 spiro atoms. The third-order valence-corrected chi connectivity index (χ3v) is 4.39. The normalized spacial score (nSPS) is 14.7. The number of nitrogens with zero attached hydrogens (tertiary/aromatic N) is 1. The average Bonchev–Trinajstić information content (AvgIpc) is 3.08. The summed E-state index contributed by atoms with van der Waals surface area (Å²) in [5.41, 5.74) is 3.03. The highest BCUT2D eigenvalue weighted by molar-refractivity contribution is 5.99. The van der Waals surface area contributed by atoms with Crippen LogP contribution in [0.2, 0.25) is 0 Å².